The second-order valence-electron chi connectivity index (χ2n) is 5.89. The largest absolute Gasteiger partial charge is 0.478 e. The lowest BCUT2D eigenvalue weighted by Gasteiger charge is -2.07. The molecule has 0 heterocycles. The van der Waals surface area contributed by atoms with Gasteiger partial charge in [-0.25, -0.2) is 26.4 Å². The summed E-state index contributed by atoms with van der Waals surface area (Å²) >= 11 is 0. The number of carbonyl (C=O) groups excluding carboxylic acids is 1. The minimum absolute atomic E-state index is 0.0634. The highest BCUT2D eigenvalue weighted by Gasteiger charge is 2.16. The molecule has 2 N–H and O–H groups in total. The van der Waals surface area contributed by atoms with Crippen molar-refractivity contribution in [1.82, 2.24) is 4.72 Å². The van der Waals surface area contributed by atoms with Gasteiger partial charge in [0.1, 0.15) is 0 Å². The fraction of sp³-hybridized carbons (Fsp3) is 0.111. The third kappa shape index (κ3) is 5.27. The van der Waals surface area contributed by atoms with Crippen LogP contribution < -0.4 is 4.72 Å². The van der Waals surface area contributed by atoms with Gasteiger partial charge in [0.2, 0.25) is 5.91 Å². The van der Waals surface area contributed by atoms with Crippen LogP contribution in [0.5, 0.6) is 0 Å². The second kappa shape index (κ2) is 7.95. The van der Waals surface area contributed by atoms with E-state index in [9.17, 15) is 31.5 Å². The van der Waals surface area contributed by atoms with Crippen LogP contribution in [0.3, 0.4) is 0 Å². The smallest absolute Gasteiger partial charge is 0.336 e. The molecule has 0 aliphatic carbocycles. The van der Waals surface area contributed by atoms with Crippen molar-refractivity contribution < 1.29 is 31.5 Å². The average molecular weight is 423 g/mol. The summed E-state index contributed by atoms with van der Waals surface area (Å²) in [5.74, 6) is -1.96. The Balaban J connectivity index is 2.40. The Bertz CT molecular complexity index is 1150. The first kappa shape index (κ1) is 21.3. The summed E-state index contributed by atoms with van der Waals surface area (Å²) in [5, 5.41) is 9.47. The number of carboxylic acid groups (broad SMARTS) is 1. The molecule has 0 bridgehead atoms. The van der Waals surface area contributed by atoms with E-state index < -0.39 is 31.7 Å². The molecule has 0 saturated heterocycles. The molecule has 0 fully saturated rings. The highest BCUT2D eigenvalue weighted by Crippen LogP contribution is 2.22. The average Bonchev–Trinajstić information content (AvgIpc) is 2.58. The third-order valence-corrected chi connectivity index (χ3v) is 6.18. The monoisotopic (exact) mass is 423 g/mol. The SMILES string of the molecule is CC(=O)NS(=O)(=O)c1ccc(/C=C(/C(=O)O)c2ccc(S(C)(=O)=O)cc2)cc1. The van der Waals surface area contributed by atoms with Gasteiger partial charge >= 0.3 is 5.97 Å². The van der Waals surface area contributed by atoms with E-state index in [1.54, 1.807) is 0 Å². The van der Waals surface area contributed by atoms with Crippen molar-refractivity contribution in [3.05, 3.63) is 59.7 Å². The maximum atomic E-state index is 11.9. The van der Waals surface area contributed by atoms with Crippen molar-refractivity contribution in [1.29, 1.82) is 0 Å². The van der Waals surface area contributed by atoms with Gasteiger partial charge in [-0.2, -0.15) is 0 Å². The number of sulfonamides is 1. The van der Waals surface area contributed by atoms with E-state index >= 15 is 0 Å². The summed E-state index contributed by atoms with van der Waals surface area (Å²) in [6, 6.07) is 10.6. The molecule has 2 aromatic carbocycles. The first-order valence-electron chi connectivity index (χ1n) is 7.79. The molecular formula is C18H17NO7S2. The molecule has 0 saturated carbocycles. The number of carbonyl (C=O) groups is 2. The highest BCUT2D eigenvalue weighted by molar-refractivity contribution is 7.90. The number of sulfone groups is 1. The number of nitrogens with one attached hydrogen (secondary N) is 1. The van der Waals surface area contributed by atoms with Gasteiger partial charge in [-0.05, 0) is 41.5 Å². The summed E-state index contributed by atoms with van der Waals surface area (Å²) < 4.78 is 48.7. The minimum Gasteiger partial charge on any atom is -0.478 e. The standard InChI is InChI=1S/C18H17NO7S2/c1-12(20)19-28(25,26)16-7-3-13(4-8-16)11-17(18(21)22)14-5-9-15(10-6-14)27(2,23)24/h3-11H,1-2H3,(H,19,20)(H,21,22)/b17-11+. The van der Waals surface area contributed by atoms with Gasteiger partial charge in [0.15, 0.2) is 9.84 Å². The van der Waals surface area contributed by atoms with E-state index in [0.29, 0.717) is 5.56 Å². The zero-order valence-corrected chi connectivity index (χ0v) is 16.5. The van der Waals surface area contributed by atoms with Crippen molar-refractivity contribution in [3.8, 4) is 0 Å². The van der Waals surface area contributed by atoms with Gasteiger partial charge in [0, 0.05) is 13.2 Å². The number of amides is 1. The number of hydrogen-bond acceptors (Lipinski definition) is 6. The maximum absolute atomic E-state index is 11.9. The summed E-state index contributed by atoms with van der Waals surface area (Å²) in [7, 11) is -7.39. The predicted octanol–water partition coefficient (Wildman–Crippen LogP) is 1.54. The second-order valence-corrected chi connectivity index (χ2v) is 9.59. The van der Waals surface area contributed by atoms with Crippen LogP contribution in [0.4, 0.5) is 0 Å². The molecule has 148 valence electrons. The minimum atomic E-state index is -3.99. The number of aliphatic carboxylic acids is 1. The van der Waals surface area contributed by atoms with Crippen LogP contribution >= 0.6 is 0 Å². The lowest BCUT2D eigenvalue weighted by atomic mass is 10.0. The molecule has 0 atom stereocenters. The fourth-order valence-electron chi connectivity index (χ4n) is 2.31. The Morgan fingerprint density at radius 1 is 0.893 bits per heavy atom. The van der Waals surface area contributed by atoms with Crippen LogP contribution in [0.2, 0.25) is 0 Å². The first-order valence-corrected chi connectivity index (χ1v) is 11.2. The van der Waals surface area contributed by atoms with Gasteiger partial charge in [0.05, 0.1) is 15.4 Å². The van der Waals surface area contributed by atoms with E-state index in [-0.39, 0.29) is 20.9 Å². The Morgan fingerprint density at radius 2 is 1.39 bits per heavy atom. The van der Waals surface area contributed by atoms with Crippen LogP contribution in [-0.2, 0) is 29.4 Å². The fourth-order valence-corrected chi connectivity index (χ4v) is 3.93. The van der Waals surface area contributed by atoms with Crippen molar-refractivity contribution in [2.75, 3.05) is 6.26 Å². The van der Waals surface area contributed by atoms with Crippen molar-refractivity contribution in [2.24, 2.45) is 0 Å². The molecule has 0 spiro atoms. The van der Waals surface area contributed by atoms with Gasteiger partial charge in [0.25, 0.3) is 10.0 Å². The van der Waals surface area contributed by atoms with E-state index in [2.05, 4.69) is 0 Å². The third-order valence-electron chi connectivity index (χ3n) is 3.60. The zero-order valence-electron chi connectivity index (χ0n) is 14.9. The lowest BCUT2D eigenvalue weighted by Crippen LogP contribution is -2.28. The van der Waals surface area contributed by atoms with Gasteiger partial charge in [-0.3, -0.25) is 4.79 Å². The van der Waals surface area contributed by atoms with Crippen LogP contribution in [0.25, 0.3) is 11.6 Å². The van der Waals surface area contributed by atoms with Gasteiger partial charge < -0.3 is 5.11 Å². The molecular weight excluding hydrogens is 406 g/mol. The van der Waals surface area contributed by atoms with Gasteiger partial charge in [-0.1, -0.05) is 24.3 Å². The normalized spacial score (nSPS) is 12.4. The molecule has 0 radical (unpaired) electrons. The molecule has 0 aliphatic rings. The quantitative estimate of drug-likeness (QED) is 0.531. The Hall–Kier alpha value is -2.98. The molecule has 0 aromatic heterocycles. The Labute approximate surface area is 162 Å². The predicted molar refractivity (Wildman–Crippen MR) is 103 cm³/mol. The van der Waals surface area contributed by atoms with Crippen molar-refractivity contribution in [2.45, 2.75) is 16.7 Å². The van der Waals surface area contributed by atoms with Crippen LogP contribution in [0, 0.1) is 0 Å². The number of rotatable bonds is 6. The lowest BCUT2D eigenvalue weighted by molar-refractivity contribution is -0.130. The molecule has 0 unspecified atom stereocenters. The topological polar surface area (TPSA) is 135 Å². The number of carboxylic acids is 1. The Morgan fingerprint density at radius 3 is 1.82 bits per heavy atom. The van der Waals surface area contributed by atoms with E-state index in [4.69, 9.17) is 0 Å². The molecule has 0 aliphatic heterocycles. The molecule has 10 heteroatoms. The van der Waals surface area contributed by atoms with E-state index in [0.717, 1.165) is 13.2 Å². The maximum Gasteiger partial charge on any atom is 0.336 e. The van der Waals surface area contributed by atoms with Gasteiger partial charge in [-0.15, -0.1) is 0 Å². The van der Waals surface area contributed by atoms with Crippen LogP contribution in [0.1, 0.15) is 18.1 Å². The summed E-state index contributed by atoms with van der Waals surface area (Å²) in [6.45, 7) is 1.07. The van der Waals surface area contributed by atoms with E-state index in [1.165, 1.54) is 54.6 Å². The highest BCUT2D eigenvalue weighted by atomic mass is 32.2. The van der Waals surface area contributed by atoms with Crippen LogP contribution in [0.15, 0.2) is 58.3 Å². The molecule has 8 nitrogen and oxygen atoms in total. The summed E-state index contributed by atoms with van der Waals surface area (Å²) in [6.07, 6.45) is 2.37. The summed E-state index contributed by atoms with van der Waals surface area (Å²) in [4.78, 5) is 22.5. The zero-order chi connectivity index (χ0) is 21.1. The Kier molecular flexibility index (Phi) is 6.05. The summed E-state index contributed by atoms with van der Waals surface area (Å²) in [5.41, 5.74) is 0.596. The van der Waals surface area contributed by atoms with E-state index in [1.807, 2.05) is 4.72 Å². The molecule has 2 rings (SSSR count). The van der Waals surface area contributed by atoms with Crippen LogP contribution in [-0.4, -0.2) is 40.1 Å². The first-order chi connectivity index (χ1) is 12.9. The molecule has 28 heavy (non-hydrogen) atoms. The van der Waals surface area contributed by atoms with Crippen molar-refractivity contribution in [3.63, 3.8) is 0 Å². The number of benzene rings is 2. The number of hydrogen-bond donors (Lipinski definition) is 2. The molecule has 2 aromatic rings. The van der Waals surface area contributed by atoms with Crippen molar-refractivity contribution >= 4 is 43.4 Å². The molecule has 1 amide bonds.